The standard InChI is InChI=1S/C19H29N3O4/c1-18(2,17(23)24)14-21-12-9-19(3,10-13-21)20-11-8-15-6-4-5-7-16(15)22(25)26/h4-7,20H,8-14H2,1-3H3,(H,23,24). The smallest absolute Gasteiger partial charge is 0.310 e. The maximum Gasteiger partial charge on any atom is 0.310 e. The van der Waals surface area contributed by atoms with Gasteiger partial charge in [-0.1, -0.05) is 18.2 Å². The van der Waals surface area contributed by atoms with E-state index < -0.39 is 11.4 Å². The number of aliphatic carboxylic acids is 1. The molecule has 2 N–H and O–H groups in total. The van der Waals surface area contributed by atoms with E-state index in [1.807, 2.05) is 6.07 Å². The van der Waals surface area contributed by atoms with Crippen molar-refractivity contribution in [2.75, 3.05) is 26.2 Å². The lowest BCUT2D eigenvalue weighted by molar-refractivity contribution is -0.385. The lowest BCUT2D eigenvalue weighted by atomic mass is 9.87. The third kappa shape index (κ3) is 5.25. The van der Waals surface area contributed by atoms with E-state index in [1.54, 1.807) is 32.0 Å². The SMILES string of the molecule is CC1(NCCc2ccccc2[N+](=O)[O-])CCN(CC(C)(C)C(=O)O)CC1. The molecule has 1 aromatic rings. The number of hydrogen-bond donors (Lipinski definition) is 2. The van der Waals surface area contributed by atoms with Crippen LogP contribution in [0.15, 0.2) is 24.3 Å². The van der Waals surface area contributed by atoms with Gasteiger partial charge in [0.2, 0.25) is 0 Å². The van der Waals surface area contributed by atoms with Crippen LogP contribution in [0, 0.1) is 15.5 Å². The van der Waals surface area contributed by atoms with Gasteiger partial charge in [0.25, 0.3) is 5.69 Å². The Morgan fingerprint density at radius 1 is 1.35 bits per heavy atom. The summed E-state index contributed by atoms with van der Waals surface area (Å²) in [6.45, 7) is 8.63. The highest BCUT2D eigenvalue weighted by Gasteiger charge is 2.34. The van der Waals surface area contributed by atoms with E-state index in [0.29, 0.717) is 19.5 Å². The first-order valence-corrected chi connectivity index (χ1v) is 9.06. The Bertz CT molecular complexity index is 652. The second kappa shape index (κ2) is 8.14. The molecule has 0 aliphatic carbocycles. The molecule has 1 aliphatic rings. The van der Waals surface area contributed by atoms with Crippen LogP contribution in [0.2, 0.25) is 0 Å². The zero-order chi connectivity index (χ0) is 19.4. The van der Waals surface area contributed by atoms with Gasteiger partial charge < -0.3 is 15.3 Å². The lowest BCUT2D eigenvalue weighted by Gasteiger charge is -2.42. The Morgan fingerprint density at radius 3 is 2.54 bits per heavy atom. The molecule has 0 amide bonds. The van der Waals surface area contributed by atoms with Gasteiger partial charge in [-0.2, -0.15) is 0 Å². The molecule has 0 aromatic heterocycles. The molecule has 0 atom stereocenters. The van der Waals surface area contributed by atoms with Gasteiger partial charge in [-0.3, -0.25) is 14.9 Å². The average molecular weight is 363 g/mol. The number of nitrogens with zero attached hydrogens (tertiary/aromatic N) is 2. The van der Waals surface area contributed by atoms with Crippen molar-refractivity contribution in [1.82, 2.24) is 10.2 Å². The summed E-state index contributed by atoms with van der Waals surface area (Å²) in [4.78, 5) is 24.2. The molecule has 26 heavy (non-hydrogen) atoms. The van der Waals surface area contributed by atoms with E-state index in [-0.39, 0.29) is 16.1 Å². The Hall–Kier alpha value is -1.99. The fourth-order valence-corrected chi connectivity index (χ4v) is 3.41. The zero-order valence-electron chi connectivity index (χ0n) is 15.8. The average Bonchev–Trinajstić information content (AvgIpc) is 2.57. The van der Waals surface area contributed by atoms with Crippen LogP contribution >= 0.6 is 0 Å². The van der Waals surface area contributed by atoms with Crippen molar-refractivity contribution < 1.29 is 14.8 Å². The predicted octanol–water partition coefficient (Wildman–Crippen LogP) is 2.69. The minimum atomic E-state index is -0.770. The molecule has 7 nitrogen and oxygen atoms in total. The number of likely N-dealkylation sites (tertiary alicyclic amines) is 1. The number of carboxylic acid groups (broad SMARTS) is 1. The summed E-state index contributed by atoms with van der Waals surface area (Å²) < 4.78 is 0. The van der Waals surface area contributed by atoms with Crippen LogP contribution in [-0.2, 0) is 11.2 Å². The Kier molecular flexibility index (Phi) is 6.36. The Labute approximate surface area is 154 Å². The van der Waals surface area contributed by atoms with Gasteiger partial charge >= 0.3 is 5.97 Å². The molecule has 2 rings (SSSR count). The van der Waals surface area contributed by atoms with Crippen LogP contribution in [0.3, 0.4) is 0 Å². The van der Waals surface area contributed by atoms with Gasteiger partial charge in [0.15, 0.2) is 0 Å². The molecular weight excluding hydrogens is 334 g/mol. The van der Waals surface area contributed by atoms with Gasteiger partial charge in [-0.15, -0.1) is 0 Å². The second-order valence-electron chi connectivity index (χ2n) is 8.09. The number of nitro benzene ring substituents is 1. The Morgan fingerprint density at radius 2 is 1.96 bits per heavy atom. The number of piperidine rings is 1. The molecule has 1 heterocycles. The van der Waals surface area contributed by atoms with Crippen molar-refractivity contribution in [3.8, 4) is 0 Å². The number of hydrogen-bond acceptors (Lipinski definition) is 5. The molecular formula is C19H29N3O4. The molecule has 0 radical (unpaired) electrons. The van der Waals surface area contributed by atoms with Crippen LogP contribution in [-0.4, -0.2) is 52.6 Å². The summed E-state index contributed by atoms with van der Waals surface area (Å²) in [5.41, 5.74) is 0.153. The molecule has 0 saturated carbocycles. The number of carbonyl (C=O) groups is 1. The van der Waals surface area contributed by atoms with E-state index in [2.05, 4.69) is 17.1 Å². The zero-order valence-corrected chi connectivity index (χ0v) is 15.8. The van der Waals surface area contributed by atoms with E-state index >= 15 is 0 Å². The summed E-state index contributed by atoms with van der Waals surface area (Å²) in [5, 5.41) is 23.9. The summed E-state index contributed by atoms with van der Waals surface area (Å²) in [5.74, 6) is -0.770. The van der Waals surface area contributed by atoms with Crippen LogP contribution < -0.4 is 5.32 Å². The highest BCUT2D eigenvalue weighted by Crippen LogP contribution is 2.26. The monoisotopic (exact) mass is 363 g/mol. The van der Waals surface area contributed by atoms with Crippen molar-refractivity contribution >= 4 is 11.7 Å². The van der Waals surface area contributed by atoms with Gasteiger partial charge in [-0.05, 0) is 59.7 Å². The first-order valence-electron chi connectivity index (χ1n) is 9.06. The van der Waals surface area contributed by atoms with E-state index in [1.165, 1.54) is 0 Å². The van der Waals surface area contributed by atoms with Crippen molar-refractivity contribution in [2.45, 2.75) is 45.6 Å². The van der Waals surface area contributed by atoms with E-state index in [4.69, 9.17) is 0 Å². The molecule has 1 aromatic carbocycles. The summed E-state index contributed by atoms with van der Waals surface area (Å²) in [6.07, 6.45) is 2.47. The van der Waals surface area contributed by atoms with Crippen molar-refractivity contribution in [1.29, 1.82) is 0 Å². The van der Waals surface area contributed by atoms with Crippen LogP contribution in [0.25, 0.3) is 0 Å². The van der Waals surface area contributed by atoms with Crippen LogP contribution in [0.1, 0.15) is 39.2 Å². The van der Waals surface area contributed by atoms with Crippen molar-refractivity contribution in [3.05, 3.63) is 39.9 Å². The fraction of sp³-hybridized carbons (Fsp3) is 0.632. The molecule has 1 aliphatic heterocycles. The van der Waals surface area contributed by atoms with Crippen LogP contribution in [0.5, 0.6) is 0 Å². The molecule has 144 valence electrons. The summed E-state index contributed by atoms with van der Waals surface area (Å²) >= 11 is 0. The van der Waals surface area contributed by atoms with Gasteiger partial charge in [0, 0.05) is 23.7 Å². The number of para-hydroxylation sites is 1. The molecule has 0 bridgehead atoms. The number of carboxylic acids is 1. The highest BCUT2D eigenvalue weighted by molar-refractivity contribution is 5.73. The van der Waals surface area contributed by atoms with E-state index in [0.717, 1.165) is 31.5 Å². The molecule has 1 fully saturated rings. The summed E-state index contributed by atoms with van der Waals surface area (Å²) in [6, 6.07) is 6.86. The number of rotatable bonds is 8. The minimum Gasteiger partial charge on any atom is -0.481 e. The van der Waals surface area contributed by atoms with Crippen molar-refractivity contribution in [2.24, 2.45) is 5.41 Å². The first kappa shape index (κ1) is 20.3. The van der Waals surface area contributed by atoms with E-state index in [9.17, 15) is 20.0 Å². The second-order valence-corrected chi connectivity index (χ2v) is 8.09. The van der Waals surface area contributed by atoms with Gasteiger partial charge in [0.05, 0.1) is 10.3 Å². The largest absolute Gasteiger partial charge is 0.481 e. The number of benzene rings is 1. The third-order valence-corrected chi connectivity index (χ3v) is 5.29. The maximum atomic E-state index is 11.3. The highest BCUT2D eigenvalue weighted by atomic mass is 16.6. The minimum absolute atomic E-state index is 0.0204. The maximum absolute atomic E-state index is 11.3. The lowest BCUT2D eigenvalue weighted by Crippen LogP contribution is -2.53. The van der Waals surface area contributed by atoms with Crippen LogP contribution in [0.4, 0.5) is 5.69 Å². The molecule has 7 heteroatoms. The van der Waals surface area contributed by atoms with Crippen molar-refractivity contribution in [3.63, 3.8) is 0 Å². The predicted molar refractivity (Wildman–Crippen MR) is 100 cm³/mol. The topological polar surface area (TPSA) is 95.7 Å². The third-order valence-electron chi connectivity index (χ3n) is 5.29. The molecule has 0 unspecified atom stereocenters. The van der Waals surface area contributed by atoms with Gasteiger partial charge in [-0.25, -0.2) is 0 Å². The number of nitro groups is 1. The number of nitrogens with one attached hydrogen (secondary N) is 1. The normalized spacial score (nSPS) is 17.8. The Balaban J connectivity index is 1.83. The fourth-order valence-electron chi connectivity index (χ4n) is 3.41. The molecule has 0 spiro atoms. The molecule has 1 saturated heterocycles. The quantitative estimate of drug-likeness (QED) is 0.545. The first-order chi connectivity index (χ1) is 12.1. The summed E-state index contributed by atoms with van der Waals surface area (Å²) in [7, 11) is 0. The van der Waals surface area contributed by atoms with Gasteiger partial charge in [0.1, 0.15) is 0 Å².